The van der Waals surface area contributed by atoms with Crippen molar-refractivity contribution in [3.05, 3.63) is 107 Å². The van der Waals surface area contributed by atoms with Crippen LogP contribution in [0.15, 0.2) is 89.1 Å². The van der Waals surface area contributed by atoms with E-state index in [2.05, 4.69) is 57.4 Å². The summed E-state index contributed by atoms with van der Waals surface area (Å²) in [5.41, 5.74) is 10.7. The fourth-order valence-electron chi connectivity index (χ4n) is 4.19. The van der Waals surface area contributed by atoms with Crippen molar-refractivity contribution in [3.63, 3.8) is 0 Å². The summed E-state index contributed by atoms with van der Waals surface area (Å²) >= 11 is 1.41. The molecule has 2 heterocycles. The molecular weight excluding hydrogens is 480 g/mol. The first-order chi connectivity index (χ1) is 18.0. The molecule has 1 N–H and O–H groups in total. The van der Waals surface area contributed by atoms with Crippen molar-refractivity contribution in [1.29, 1.82) is 0 Å². The van der Waals surface area contributed by atoms with Crippen LogP contribution in [-0.2, 0) is 11.3 Å². The van der Waals surface area contributed by atoms with Gasteiger partial charge in [0.25, 0.3) is 5.91 Å². The molecule has 0 aliphatic carbocycles. The lowest BCUT2D eigenvalue weighted by molar-refractivity contribution is -0.118. The highest BCUT2D eigenvalue weighted by Crippen LogP contribution is 2.25. The third-order valence-electron chi connectivity index (χ3n) is 6.14. The van der Waals surface area contributed by atoms with E-state index in [-0.39, 0.29) is 11.7 Å². The Morgan fingerprint density at radius 2 is 1.70 bits per heavy atom. The van der Waals surface area contributed by atoms with Crippen molar-refractivity contribution in [2.24, 2.45) is 5.10 Å². The van der Waals surface area contributed by atoms with Crippen molar-refractivity contribution < 1.29 is 4.79 Å². The number of para-hydroxylation sites is 3. The molecule has 0 atom stereocenters. The Morgan fingerprint density at radius 1 is 0.973 bits per heavy atom. The first kappa shape index (κ1) is 24.5. The lowest BCUT2D eigenvalue weighted by Crippen LogP contribution is -2.20. The standard InChI is InChI=1S/C29H28N6OS/c1-20-13-15-23(16-14-20)18-34-27-12-8-7-11-26(27)31-29(34)37-19-28(36)32-30-17-25-21(2)33-35(22(25)3)24-9-5-4-6-10-24/h4-17H,18-19H2,1-3H3,(H,32,36)/b30-17+. The molecule has 0 radical (unpaired) electrons. The number of thioether (sulfide) groups is 1. The number of carbonyl (C=O) groups excluding carboxylic acids is 1. The molecule has 0 spiro atoms. The highest BCUT2D eigenvalue weighted by molar-refractivity contribution is 7.99. The van der Waals surface area contributed by atoms with Crippen molar-refractivity contribution in [2.75, 3.05) is 5.75 Å². The van der Waals surface area contributed by atoms with Gasteiger partial charge in [0.15, 0.2) is 5.16 Å². The summed E-state index contributed by atoms with van der Waals surface area (Å²) < 4.78 is 4.04. The number of nitrogens with zero attached hydrogens (tertiary/aromatic N) is 5. The number of hydrogen-bond donors (Lipinski definition) is 1. The number of aromatic nitrogens is 4. The summed E-state index contributed by atoms with van der Waals surface area (Å²) in [4.78, 5) is 17.4. The molecule has 8 heteroatoms. The van der Waals surface area contributed by atoms with Gasteiger partial charge < -0.3 is 4.57 Å². The Bertz CT molecular complexity index is 1570. The van der Waals surface area contributed by atoms with Gasteiger partial charge in [-0.1, -0.05) is 71.9 Å². The van der Waals surface area contributed by atoms with E-state index >= 15 is 0 Å². The van der Waals surface area contributed by atoms with Gasteiger partial charge in [-0.15, -0.1) is 0 Å². The van der Waals surface area contributed by atoms with Gasteiger partial charge in [0.05, 0.1) is 46.6 Å². The van der Waals surface area contributed by atoms with Crippen LogP contribution in [0.2, 0.25) is 0 Å². The fourth-order valence-corrected chi connectivity index (χ4v) is 4.99. The maximum Gasteiger partial charge on any atom is 0.250 e. The molecule has 0 bridgehead atoms. The molecule has 0 fully saturated rings. The zero-order valence-corrected chi connectivity index (χ0v) is 21.9. The number of rotatable bonds is 8. The van der Waals surface area contributed by atoms with Crippen LogP contribution in [0.5, 0.6) is 0 Å². The van der Waals surface area contributed by atoms with Crippen LogP contribution in [0.25, 0.3) is 16.7 Å². The summed E-state index contributed by atoms with van der Waals surface area (Å²) in [7, 11) is 0. The van der Waals surface area contributed by atoms with E-state index in [9.17, 15) is 4.79 Å². The van der Waals surface area contributed by atoms with Crippen LogP contribution in [0.4, 0.5) is 0 Å². The number of hydrazone groups is 1. The summed E-state index contributed by atoms with van der Waals surface area (Å²) in [6.45, 7) is 6.69. The molecule has 0 saturated carbocycles. The predicted molar refractivity (Wildman–Crippen MR) is 150 cm³/mol. The van der Waals surface area contributed by atoms with Crippen LogP contribution in [0.1, 0.15) is 28.1 Å². The average molecular weight is 509 g/mol. The topological polar surface area (TPSA) is 77.1 Å². The maximum absolute atomic E-state index is 12.6. The first-order valence-corrected chi connectivity index (χ1v) is 13.1. The number of aryl methyl sites for hydroxylation is 2. The van der Waals surface area contributed by atoms with Crippen molar-refractivity contribution in [3.8, 4) is 5.69 Å². The number of carbonyl (C=O) groups is 1. The van der Waals surface area contributed by atoms with Crippen LogP contribution >= 0.6 is 11.8 Å². The van der Waals surface area contributed by atoms with E-state index in [1.54, 1.807) is 6.21 Å². The lowest BCUT2D eigenvalue weighted by atomic mass is 10.1. The fraction of sp³-hybridized carbons (Fsp3) is 0.172. The van der Waals surface area contributed by atoms with E-state index < -0.39 is 0 Å². The summed E-state index contributed by atoms with van der Waals surface area (Å²) in [6.07, 6.45) is 1.66. The molecule has 5 rings (SSSR count). The van der Waals surface area contributed by atoms with Crippen molar-refractivity contribution in [2.45, 2.75) is 32.5 Å². The van der Waals surface area contributed by atoms with Crippen molar-refractivity contribution in [1.82, 2.24) is 24.8 Å². The second kappa shape index (κ2) is 10.8. The Kier molecular flexibility index (Phi) is 7.18. The smallest absolute Gasteiger partial charge is 0.250 e. The normalized spacial score (nSPS) is 11.4. The minimum Gasteiger partial charge on any atom is -0.314 e. The number of imidazole rings is 1. The summed E-state index contributed by atoms with van der Waals surface area (Å²) in [5, 5.41) is 9.63. The van der Waals surface area contributed by atoms with Gasteiger partial charge in [0, 0.05) is 5.56 Å². The molecule has 7 nitrogen and oxygen atoms in total. The minimum absolute atomic E-state index is 0.194. The molecule has 0 unspecified atom stereocenters. The third-order valence-corrected chi connectivity index (χ3v) is 7.12. The zero-order valence-electron chi connectivity index (χ0n) is 21.0. The number of amides is 1. The first-order valence-electron chi connectivity index (χ1n) is 12.1. The molecule has 0 aliphatic heterocycles. The van der Waals surface area contributed by atoms with Crippen molar-refractivity contribution >= 4 is 34.9 Å². The monoisotopic (exact) mass is 508 g/mol. The van der Waals surface area contributed by atoms with E-state index in [0.29, 0.717) is 6.54 Å². The molecule has 2 aromatic heterocycles. The molecule has 0 saturated heterocycles. The molecule has 3 aromatic carbocycles. The number of benzene rings is 3. The Morgan fingerprint density at radius 3 is 2.49 bits per heavy atom. The van der Waals surface area contributed by atoms with Gasteiger partial charge in [0.2, 0.25) is 0 Å². The minimum atomic E-state index is -0.194. The van der Waals surface area contributed by atoms with Gasteiger partial charge in [-0.05, 0) is 50.6 Å². The van der Waals surface area contributed by atoms with E-state index in [1.165, 1.54) is 22.9 Å². The van der Waals surface area contributed by atoms with Gasteiger partial charge >= 0.3 is 0 Å². The van der Waals surface area contributed by atoms with Crippen LogP contribution < -0.4 is 5.43 Å². The van der Waals surface area contributed by atoms with Crippen LogP contribution in [-0.4, -0.2) is 37.2 Å². The highest BCUT2D eigenvalue weighted by atomic mass is 32.2. The Hall–Kier alpha value is -4.17. The van der Waals surface area contributed by atoms with E-state index in [1.807, 2.05) is 67.1 Å². The van der Waals surface area contributed by atoms with Gasteiger partial charge in [-0.2, -0.15) is 10.2 Å². The Balaban J connectivity index is 1.26. The van der Waals surface area contributed by atoms with Crippen LogP contribution in [0.3, 0.4) is 0 Å². The lowest BCUT2D eigenvalue weighted by Gasteiger charge is -2.09. The summed E-state index contributed by atoms with van der Waals surface area (Å²) in [5.74, 6) is 0.0106. The van der Waals surface area contributed by atoms with Crippen LogP contribution in [0, 0.1) is 20.8 Å². The number of hydrogen-bond acceptors (Lipinski definition) is 5. The van der Waals surface area contributed by atoms with Gasteiger partial charge in [-0.25, -0.2) is 15.1 Å². The molecule has 186 valence electrons. The van der Waals surface area contributed by atoms with E-state index in [0.717, 1.165) is 38.8 Å². The molecule has 37 heavy (non-hydrogen) atoms. The zero-order chi connectivity index (χ0) is 25.8. The quantitative estimate of drug-likeness (QED) is 0.172. The second-order valence-corrected chi connectivity index (χ2v) is 9.81. The predicted octanol–water partition coefficient (Wildman–Crippen LogP) is 5.44. The van der Waals surface area contributed by atoms with Gasteiger partial charge in [-0.3, -0.25) is 4.79 Å². The number of fused-ring (bicyclic) bond motifs is 1. The van der Waals surface area contributed by atoms with E-state index in [4.69, 9.17) is 4.98 Å². The molecule has 1 amide bonds. The highest BCUT2D eigenvalue weighted by Gasteiger charge is 2.14. The third kappa shape index (κ3) is 5.49. The van der Waals surface area contributed by atoms with Gasteiger partial charge in [0.1, 0.15) is 0 Å². The second-order valence-electron chi connectivity index (χ2n) is 8.87. The maximum atomic E-state index is 12.6. The Labute approximate surface area is 220 Å². The SMILES string of the molecule is Cc1ccc(Cn2c(SCC(=O)N/N=C/c3c(C)nn(-c4ccccc4)c3C)nc3ccccc32)cc1. The molecular formula is C29H28N6OS. The largest absolute Gasteiger partial charge is 0.314 e. The molecule has 0 aliphatic rings. The summed E-state index contributed by atoms with van der Waals surface area (Å²) in [6, 6.07) is 26.5. The molecule has 5 aromatic rings. The number of nitrogens with one attached hydrogen (secondary N) is 1. The average Bonchev–Trinajstić information content (AvgIpc) is 3.41.